The molecule has 0 aromatic heterocycles. The second kappa shape index (κ2) is 5.23. The van der Waals surface area contributed by atoms with E-state index in [0.29, 0.717) is 17.1 Å². The lowest BCUT2D eigenvalue weighted by Gasteiger charge is -2.45. The lowest BCUT2D eigenvalue weighted by Crippen LogP contribution is -2.57. The molecule has 0 radical (unpaired) electrons. The first kappa shape index (κ1) is 14.5. The first-order valence-corrected chi connectivity index (χ1v) is 7.89. The summed E-state index contributed by atoms with van der Waals surface area (Å²) in [7, 11) is 3.02. The molecule has 0 N–H and O–H groups in total. The molecule has 6 nitrogen and oxygen atoms in total. The third-order valence-corrected chi connectivity index (χ3v) is 5.23. The van der Waals surface area contributed by atoms with Gasteiger partial charge in [0.05, 0.1) is 14.2 Å². The van der Waals surface area contributed by atoms with Crippen molar-refractivity contribution in [1.82, 2.24) is 4.90 Å². The molecular formula is C17H19NO5. The summed E-state index contributed by atoms with van der Waals surface area (Å²) in [5.41, 5.74) is 1.10. The van der Waals surface area contributed by atoms with Crippen LogP contribution in [0.2, 0.25) is 0 Å². The number of piperidine rings is 3. The fourth-order valence-corrected chi connectivity index (χ4v) is 4.09. The molecule has 3 fully saturated rings. The molecule has 6 heteroatoms. The Labute approximate surface area is 134 Å². The number of rotatable bonds is 3. The van der Waals surface area contributed by atoms with Gasteiger partial charge < -0.3 is 14.2 Å². The van der Waals surface area contributed by atoms with E-state index in [4.69, 9.17) is 14.2 Å². The zero-order chi connectivity index (χ0) is 16.1. The molecule has 0 spiro atoms. The van der Waals surface area contributed by atoms with E-state index in [1.165, 1.54) is 14.2 Å². The summed E-state index contributed by atoms with van der Waals surface area (Å²) in [6.45, 7) is 1.77. The average molecular weight is 317 g/mol. The highest BCUT2D eigenvalue weighted by molar-refractivity contribution is 5.99. The predicted octanol–water partition coefficient (Wildman–Crippen LogP) is 1.58. The minimum Gasteiger partial charge on any atom is -0.493 e. The van der Waals surface area contributed by atoms with Crippen LogP contribution in [0.3, 0.4) is 0 Å². The Kier molecular flexibility index (Phi) is 3.30. The Morgan fingerprint density at radius 2 is 1.87 bits per heavy atom. The van der Waals surface area contributed by atoms with Gasteiger partial charge in [-0.3, -0.25) is 9.69 Å². The number of ether oxygens (including phenoxy) is 3. The molecule has 0 amide bonds. The zero-order valence-corrected chi connectivity index (χ0v) is 13.2. The number of methoxy groups -OCH3 is 2. The number of carbonyl (C=O) groups excluding carboxylic acids is 2. The molecule has 0 saturated carbocycles. The van der Waals surface area contributed by atoms with Crippen LogP contribution >= 0.6 is 0 Å². The van der Waals surface area contributed by atoms with Gasteiger partial charge in [0.1, 0.15) is 11.6 Å². The highest BCUT2D eigenvalue weighted by atomic mass is 16.6. The second-order valence-electron chi connectivity index (χ2n) is 6.25. The van der Waals surface area contributed by atoms with E-state index in [9.17, 15) is 9.59 Å². The fraction of sp³-hybridized carbons (Fsp3) is 0.529. The van der Waals surface area contributed by atoms with Crippen molar-refractivity contribution in [3.63, 3.8) is 0 Å². The number of carbonyl (C=O) groups is 2. The smallest absolute Gasteiger partial charge is 0.343 e. The Balaban J connectivity index is 1.78. The van der Waals surface area contributed by atoms with E-state index in [-0.39, 0.29) is 17.7 Å². The summed E-state index contributed by atoms with van der Waals surface area (Å²) >= 11 is 0. The summed E-state index contributed by atoms with van der Waals surface area (Å²) in [4.78, 5) is 27.2. The van der Waals surface area contributed by atoms with Gasteiger partial charge in [0.2, 0.25) is 0 Å². The standard InChI is InChI=1S/C17H19NO5/c1-21-11-4-3-10-12(16(11)22-2)17(20)23-15(10)13-14(19)9-5-7-18(13)8-6-9/h3-4,9,13,15H,5-8H2,1-2H3/t13-,15+/m0/s1. The Morgan fingerprint density at radius 3 is 2.48 bits per heavy atom. The van der Waals surface area contributed by atoms with E-state index in [1.54, 1.807) is 6.07 Å². The number of cyclic esters (lactones) is 1. The minimum atomic E-state index is -0.548. The third-order valence-electron chi connectivity index (χ3n) is 5.23. The van der Waals surface area contributed by atoms with Crippen LogP contribution < -0.4 is 9.47 Å². The van der Waals surface area contributed by atoms with Gasteiger partial charge in [-0.25, -0.2) is 4.79 Å². The first-order valence-electron chi connectivity index (χ1n) is 7.89. The highest BCUT2D eigenvalue weighted by Gasteiger charge is 2.50. The number of hydrogen-bond acceptors (Lipinski definition) is 6. The Morgan fingerprint density at radius 1 is 1.13 bits per heavy atom. The van der Waals surface area contributed by atoms with Gasteiger partial charge in [-0.1, -0.05) is 6.07 Å². The summed E-state index contributed by atoms with van der Waals surface area (Å²) in [6.07, 6.45) is 1.27. The molecule has 2 bridgehead atoms. The maximum absolute atomic E-state index is 12.7. The van der Waals surface area contributed by atoms with Crippen LogP contribution in [0.25, 0.3) is 0 Å². The van der Waals surface area contributed by atoms with Crippen LogP contribution in [-0.4, -0.2) is 50.0 Å². The molecule has 23 heavy (non-hydrogen) atoms. The monoisotopic (exact) mass is 317 g/mol. The lowest BCUT2D eigenvalue weighted by molar-refractivity contribution is -0.143. The molecule has 122 valence electrons. The molecular weight excluding hydrogens is 298 g/mol. The van der Waals surface area contributed by atoms with Gasteiger partial charge in [-0.05, 0) is 32.0 Å². The van der Waals surface area contributed by atoms with Gasteiger partial charge in [0, 0.05) is 11.5 Å². The normalized spacial score (nSPS) is 31.7. The zero-order valence-electron chi connectivity index (χ0n) is 13.2. The molecule has 4 heterocycles. The number of nitrogens with zero attached hydrogens (tertiary/aromatic N) is 1. The maximum atomic E-state index is 12.7. The molecule has 0 unspecified atom stereocenters. The van der Waals surface area contributed by atoms with Crippen molar-refractivity contribution < 1.29 is 23.8 Å². The fourth-order valence-electron chi connectivity index (χ4n) is 4.09. The van der Waals surface area contributed by atoms with E-state index >= 15 is 0 Å². The van der Waals surface area contributed by atoms with Crippen molar-refractivity contribution in [2.24, 2.45) is 5.92 Å². The number of ketones is 1. The van der Waals surface area contributed by atoms with Crippen molar-refractivity contribution >= 4 is 11.8 Å². The summed E-state index contributed by atoms with van der Waals surface area (Å²) < 4.78 is 16.2. The van der Waals surface area contributed by atoms with Gasteiger partial charge >= 0.3 is 5.97 Å². The molecule has 5 rings (SSSR count). The molecule has 4 aliphatic heterocycles. The number of hydrogen-bond donors (Lipinski definition) is 0. The van der Waals surface area contributed by atoms with Crippen molar-refractivity contribution in [2.45, 2.75) is 25.0 Å². The second-order valence-corrected chi connectivity index (χ2v) is 6.25. The number of esters is 1. The molecule has 0 aliphatic carbocycles. The molecule has 4 aliphatic rings. The maximum Gasteiger partial charge on any atom is 0.343 e. The van der Waals surface area contributed by atoms with Crippen LogP contribution in [0.15, 0.2) is 12.1 Å². The van der Waals surface area contributed by atoms with Crippen LogP contribution in [0.4, 0.5) is 0 Å². The van der Waals surface area contributed by atoms with E-state index in [1.807, 2.05) is 6.07 Å². The van der Waals surface area contributed by atoms with Crippen LogP contribution in [0.5, 0.6) is 11.5 Å². The largest absolute Gasteiger partial charge is 0.493 e. The van der Waals surface area contributed by atoms with E-state index in [0.717, 1.165) is 31.5 Å². The van der Waals surface area contributed by atoms with Gasteiger partial charge in [0.25, 0.3) is 0 Å². The van der Waals surface area contributed by atoms with Crippen molar-refractivity contribution in [1.29, 1.82) is 0 Å². The predicted molar refractivity (Wildman–Crippen MR) is 80.8 cm³/mol. The molecule has 3 saturated heterocycles. The number of benzene rings is 1. The molecule has 1 aromatic rings. The van der Waals surface area contributed by atoms with Gasteiger partial charge in [-0.15, -0.1) is 0 Å². The van der Waals surface area contributed by atoms with Crippen molar-refractivity contribution in [3.05, 3.63) is 23.3 Å². The average Bonchev–Trinajstić information content (AvgIpc) is 2.91. The topological polar surface area (TPSA) is 65.1 Å². The number of fused-ring (bicyclic) bond motifs is 4. The van der Waals surface area contributed by atoms with E-state index < -0.39 is 12.1 Å². The summed E-state index contributed by atoms with van der Waals surface area (Å²) in [5.74, 6) is 0.716. The quantitative estimate of drug-likeness (QED) is 0.789. The third kappa shape index (κ3) is 1.97. The SMILES string of the molecule is COc1ccc2c(c1OC)C(=O)O[C@H]2[C@@H]1C(=O)C2CCN1CC2. The minimum absolute atomic E-state index is 0.105. The highest BCUT2D eigenvalue weighted by Crippen LogP contribution is 2.46. The molecule has 1 aromatic carbocycles. The summed E-state index contributed by atoms with van der Waals surface area (Å²) in [5, 5.41) is 0. The molecule has 2 atom stereocenters. The first-order chi connectivity index (χ1) is 11.2. The van der Waals surface area contributed by atoms with Gasteiger partial charge in [0.15, 0.2) is 23.4 Å². The van der Waals surface area contributed by atoms with Crippen molar-refractivity contribution in [3.8, 4) is 11.5 Å². The van der Waals surface area contributed by atoms with Crippen LogP contribution in [0.1, 0.15) is 34.9 Å². The lowest BCUT2D eigenvalue weighted by atomic mass is 9.78. The Hall–Kier alpha value is -2.08. The van der Waals surface area contributed by atoms with Crippen molar-refractivity contribution in [2.75, 3.05) is 27.3 Å². The van der Waals surface area contributed by atoms with E-state index in [2.05, 4.69) is 4.90 Å². The van der Waals surface area contributed by atoms with Crippen LogP contribution in [-0.2, 0) is 9.53 Å². The van der Waals surface area contributed by atoms with Gasteiger partial charge in [-0.2, -0.15) is 0 Å². The summed E-state index contributed by atoms with van der Waals surface area (Å²) in [6, 6.07) is 3.20. The number of Topliss-reactive ketones (excluding diaryl/α,β-unsaturated/α-hetero) is 1. The van der Waals surface area contributed by atoms with Crippen LogP contribution in [0, 0.1) is 5.92 Å². The Bertz CT molecular complexity index is 678.